The fourth-order valence-corrected chi connectivity index (χ4v) is 5.50. The second-order valence-electron chi connectivity index (χ2n) is 9.19. The van der Waals surface area contributed by atoms with Crippen molar-refractivity contribution in [3.8, 4) is 5.75 Å². The maximum absolute atomic E-state index is 14.1. The summed E-state index contributed by atoms with van der Waals surface area (Å²) in [6, 6.07) is 19.6. The summed E-state index contributed by atoms with van der Waals surface area (Å²) in [5, 5.41) is 3.54. The van der Waals surface area contributed by atoms with Crippen molar-refractivity contribution >= 4 is 50.7 Å². The normalized spacial score (nSPS) is 11.9. The van der Waals surface area contributed by atoms with E-state index in [-0.39, 0.29) is 24.6 Å². The summed E-state index contributed by atoms with van der Waals surface area (Å²) in [5.41, 5.74) is 1.57. The molecule has 0 aliphatic rings. The second-order valence-corrected chi connectivity index (χ2v) is 11.9. The molecule has 0 spiro atoms. The SMILES string of the molecule is CCCNC(=O)[C@@H](Cc1ccccc1)N(Cc1c(Cl)cccc1Cl)C(=O)CN(c1ccc(OC)cc1)S(C)(=O)=O. The molecule has 3 aromatic carbocycles. The molecule has 8 nitrogen and oxygen atoms in total. The summed E-state index contributed by atoms with van der Waals surface area (Å²) < 4.78 is 31.9. The van der Waals surface area contributed by atoms with E-state index < -0.39 is 28.5 Å². The van der Waals surface area contributed by atoms with Crippen LogP contribution in [-0.2, 0) is 32.6 Å². The smallest absolute Gasteiger partial charge is 0.244 e. The van der Waals surface area contributed by atoms with Gasteiger partial charge < -0.3 is 15.0 Å². The highest BCUT2D eigenvalue weighted by molar-refractivity contribution is 7.92. The third kappa shape index (κ3) is 8.36. The topological polar surface area (TPSA) is 96.0 Å². The second kappa shape index (κ2) is 14.4. The van der Waals surface area contributed by atoms with Gasteiger partial charge in [-0.1, -0.05) is 66.5 Å². The first-order valence-corrected chi connectivity index (χ1v) is 15.3. The van der Waals surface area contributed by atoms with E-state index in [1.807, 2.05) is 37.3 Å². The molecule has 3 aromatic rings. The summed E-state index contributed by atoms with van der Waals surface area (Å²) in [5.74, 6) is -0.420. The lowest BCUT2D eigenvalue weighted by molar-refractivity contribution is -0.140. The molecule has 40 heavy (non-hydrogen) atoms. The van der Waals surface area contributed by atoms with Gasteiger partial charge in [0.2, 0.25) is 21.8 Å². The average molecular weight is 607 g/mol. The first-order chi connectivity index (χ1) is 19.0. The maximum atomic E-state index is 14.1. The van der Waals surface area contributed by atoms with Gasteiger partial charge in [-0.15, -0.1) is 0 Å². The molecule has 0 radical (unpaired) electrons. The Balaban J connectivity index is 2.07. The molecule has 0 aromatic heterocycles. The van der Waals surface area contributed by atoms with Gasteiger partial charge in [0, 0.05) is 35.1 Å². The Morgan fingerprint density at radius 1 is 0.950 bits per heavy atom. The minimum atomic E-state index is -3.88. The van der Waals surface area contributed by atoms with E-state index >= 15 is 0 Å². The Morgan fingerprint density at radius 2 is 1.57 bits per heavy atom. The van der Waals surface area contributed by atoms with Gasteiger partial charge in [0.1, 0.15) is 18.3 Å². The molecule has 0 saturated heterocycles. The Kier molecular flexibility index (Phi) is 11.2. The van der Waals surface area contributed by atoms with Gasteiger partial charge >= 0.3 is 0 Å². The molecule has 0 aliphatic heterocycles. The molecule has 214 valence electrons. The minimum absolute atomic E-state index is 0.103. The van der Waals surface area contributed by atoms with Crippen LogP contribution in [-0.4, -0.2) is 57.6 Å². The molecule has 0 unspecified atom stereocenters. The van der Waals surface area contributed by atoms with Crippen molar-refractivity contribution in [3.63, 3.8) is 0 Å². The zero-order valence-electron chi connectivity index (χ0n) is 22.6. The summed E-state index contributed by atoms with van der Waals surface area (Å²) in [6.07, 6.45) is 1.92. The zero-order valence-corrected chi connectivity index (χ0v) is 25.0. The summed E-state index contributed by atoms with van der Waals surface area (Å²) >= 11 is 12.9. The van der Waals surface area contributed by atoms with E-state index in [1.54, 1.807) is 42.5 Å². The van der Waals surface area contributed by atoms with Crippen LogP contribution in [0.15, 0.2) is 72.8 Å². The average Bonchev–Trinajstić information content (AvgIpc) is 2.93. The van der Waals surface area contributed by atoms with Crippen LogP contribution in [0.3, 0.4) is 0 Å². The number of amides is 2. The zero-order chi connectivity index (χ0) is 29.3. The number of carbonyl (C=O) groups excluding carboxylic acids is 2. The standard InChI is InChI=1S/C29H33Cl2N3O5S/c1-4-17-32-29(36)27(18-21-9-6-5-7-10-21)33(19-24-25(30)11-8-12-26(24)31)28(35)20-34(40(3,37)38)22-13-15-23(39-2)16-14-22/h5-16,27H,4,17-20H2,1-3H3,(H,32,36)/t27-/m1/s1. The number of ether oxygens (including phenoxy) is 1. The van der Waals surface area contributed by atoms with Crippen molar-refractivity contribution in [2.75, 3.05) is 30.8 Å². The number of hydrogen-bond acceptors (Lipinski definition) is 5. The number of rotatable bonds is 13. The molecule has 3 rings (SSSR count). The van der Waals surface area contributed by atoms with Gasteiger partial charge in [0.15, 0.2) is 0 Å². The highest BCUT2D eigenvalue weighted by Gasteiger charge is 2.33. The summed E-state index contributed by atoms with van der Waals surface area (Å²) in [7, 11) is -2.38. The van der Waals surface area contributed by atoms with E-state index in [4.69, 9.17) is 27.9 Å². The van der Waals surface area contributed by atoms with Crippen LogP contribution in [0, 0.1) is 0 Å². The van der Waals surface area contributed by atoms with Gasteiger partial charge in [-0.2, -0.15) is 0 Å². The van der Waals surface area contributed by atoms with Crippen LogP contribution < -0.4 is 14.4 Å². The maximum Gasteiger partial charge on any atom is 0.244 e. The van der Waals surface area contributed by atoms with Crippen LogP contribution in [0.5, 0.6) is 5.75 Å². The minimum Gasteiger partial charge on any atom is -0.497 e. The summed E-state index contributed by atoms with van der Waals surface area (Å²) in [4.78, 5) is 28.9. The van der Waals surface area contributed by atoms with Crippen LogP contribution in [0.4, 0.5) is 5.69 Å². The lowest BCUT2D eigenvalue weighted by Gasteiger charge is -2.34. The van der Waals surface area contributed by atoms with Crippen LogP contribution >= 0.6 is 23.2 Å². The van der Waals surface area contributed by atoms with E-state index in [2.05, 4.69) is 5.32 Å². The van der Waals surface area contributed by atoms with Gasteiger partial charge in [-0.05, 0) is 48.4 Å². The molecular formula is C29H33Cl2N3O5S. The van der Waals surface area contributed by atoms with E-state index in [0.29, 0.717) is 34.3 Å². The number of sulfonamides is 1. The molecular weight excluding hydrogens is 573 g/mol. The molecule has 0 heterocycles. The number of hydrogen-bond donors (Lipinski definition) is 1. The van der Waals surface area contributed by atoms with Crippen molar-refractivity contribution in [2.45, 2.75) is 32.4 Å². The molecule has 1 atom stereocenters. The number of nitrogens with one attached hydrogen (secondary N) is 1. The first-order valence-electron chi connectivity index (χ1n) is 12.7. The predicted octanol–water partition coefficient (Wildman–Crippen LogP) is 4.93. The third-order valence-electron chi connectivity index (χ3n) is 6.25. The Bertz CT molecular complexity index is 1380. The lowest BCUT2D eigenvalue weighted by atomic mass is 10.0. The molecule has 0 fully saturated rings. The van der Waals surface area contributed by atoms with Gasteiger partial charge in [-0.25, -0.2) is 8.42 Å². The Labute approximate surface area is 245 Å². The number of benzene rings is 3. The van der Waals surface area contributed by atoms with Crippen molar-refractivity contribution in [2.24, 2.45) is 0 Å². The largest absolute Gasteiger partial charge is 0.497 e. The molecule has 0 bridgehead atoms. The van der Waals surface area contributed by atoms with Gasteiger partial charge in [-0.3, -0.25) is 13.9 Å². The number of anilines is 1. The van der Waals surface area contributed by atoms with Crippen molar-refractivity contribution in [1.82, 2.24) is 10.2 Å². The van der Waals surface area contributed by atoms with Crippen LogP contribution in [0.1, 0.15) is 24.5 Å². The number of halogens is 2. The van der Waals surface area contributed by atoms with Crippen molar-refractivity contribution in [1.29, 1.82) is 0 Å². The van der Waals surface area contributed by atoms with Crippen LogP contribution in [0.2, 0.25) is 10.0 Å². The number of carbonyl (C=O) groups is 2. The molecule has 2 amide bonds. The molecule has 0 saturated carbocycles. The number of nitrogens with zero attached hydrogens (tertiary/aromatic N) is 2. The predicted molar refractivity (Wildman–Crippen MR) is 159 cm³/mol. The fraction of sp³-hybridized carbons (Fsp3) is 0.310. The molecule has 1 N–H and O–H groups in total. The monoisotopic (exact) mass is 605 g/mol. The van der Waals surface area contributed by atoms with Crippen molar-refractivity contribution < 1.29 is 22.7 Å². The van der Waals surface area contributed by atoms with E-state index in [0.717, 1.165) is 16.1 Å². The summed E-state index contributed by atoms with van der Waals surface area (Å²) in [6.45, 7) is 1.70. The lowest BCUT2D eigenvalue weighted by Crippen LogP contribution is -2.53. The van der Waals surface area contributed by atoms with E-state index in [1.165, 1.54) is 12.0 Å². The first kappa shape index (κ1) is 31.3. The highest BCUT2D eigenvalue weighted by Crippen LogP contribution is 2.28. The third-order valence-corrected chi connectivity index (χ3v) is 8.10. The highest BCUT2D eigenvalue weighted by atomic mass is 35.5. The van der Waals surface area contributed by atoms with Crippen LogP contribution in [0.25, 0.3) is 0 Å². The molecule has 0 aliphatic carbocycles. The van der Waals surface area contributed by atoms with E-state index in [9.17, 15) is 18.0 Å². The Morgan fingerprint density at radius 3 is 2.12 bits per heavy atom. The van der Waals surface area contributed by atoms with Gasteiger partial charge in [0.05, 0.1) is 19.1 Å². The molecule has 11 heteroatoms. The Hall–Kier alpha value is -3.27. The number of methoxy groups -OCH3 is 1. The van der Waals surface area contributed by atoms with Gasteiger partial charge in [0.25, 0.3) is 0 Å². The quantitative estimate of drug-likeness (QED) is 0.298. The van der Waals surface area contributed by atoms with Crippen molar-refractivity contribution in [3.05, 3.63) is 94.0 Å². The fourth-order valence-electron chi connectivity index (χ4n) is 4.14.